The van der Waals surface area contributed by atoms with Crippen molar-refractivity contribution >= 4 is 33.0 Å². The van der Waals surface area contributed by atoms with Gasteiger partial charge in [-0.15, -0.1) is 11.3 Å². The third kappa shape index (κ3) is 4.79. The second-order valence-corrected chi connectivity index (χ2v) is 8.89. The number of amides is 1. The SMILES string of the molecule is CC(C)NS(=O)(=O)c1ccc(NC(=O)c2cnc(-c3ccccc3)s2)cc1. The van der Waals surface area contributed by atoms with Gasteiger partial charge in [0.2, 0.25) is 10.0 Å². The summed E-state index contributed by atoms with van der Waals surface area (Å²) in [5.41, 5.74) is 1.46. The van der Waals surface area contributed by atoms with Gasteiger partial charge in [-0.05, 0) is 38.1 Å². The van der Waals surface area contributed by atoms with E-state index in [1.54, 1.807) is 26.0 Å². The van der Waals surface area contributed by atoms with E-state index in [2.05, 4.69) is 15.0 Å². The highest BCUT2D eigenvalue weighted by Gasteiger charge is 2.16. The van der Waals surface area contributed by atoms with Crippen LogP contribution in [0.25, 0.3) is 10.6 Å². The molecule has 0 radical (unpaired) electrons. The molecule has 1 amide bonds. The van der Waals surface area contributed by atoms with Crippen LogP contribution in [0.3, 0.4) is 0 Å². The van der Waals surface area contributed by atoms with Crippen LogP contribution in [0.2, 0.25) is 0 Å². The molecule has 0 bridgehead atoms. The van der Waals surface area contributed by atoms with E-state index in [0.717, 1.165) is 10.6 Å². The van der Waals surface area contributed by atoms with Crippen LogP contribution in [0.1, 0.15) is 23.5 Å². The number of thiazole rings is 1. The van der Waals surface area contributed by atoms with Crippen LogP contribution < -0.4 is 10.0 Å². The van der Waals surface area contributed by atoms with Crippen LogP contribution in [0.15, 0.2) is 65.7 Å². The Kier molecular flexibility index (Phi) is 5.69. The molecule has 6 nitrogen and oxygen atoms in total. The van der Waals surface area contributed by atoms with Crippen molar-refractivity contribution in [2.75, 3.05) is 5.32 Å². The highest BCUT2D eigenvalue weighted by atomic mass is 32.2. The second-order valence-electron chi connectivity index (χ2n) is 6.15. The average molecular weight is 402 g/mol. The average Bonchev–Trinajstić information content (AvgIpc) is 3.12. The predicted molar refractivity (Wildman–Crippen MR) is 107 cm³/mol. The van der Waals surface area contributed by atoms with Gasteiger partial charge in [0.05, 0.1) is 11.1 Å². The summed E-state index contributed by atoms with van der Waals surface area (Å²) >= 11 is 1.30. The van der Waals surface area contributed by atoms with Crippen LogP contribution in [0, 0.1) is 0 Å². The van der Waals surface area contributed by atoms with Crippen LogP contribution in [0.4, 0.5) is 5.69 Å². The van der Waals surface area contributed by atoms with Crippen molar-refractivity contribution in [3.05, 3.63) is 65.7 Å². The number of nitrogens with zero attached hydrogens (tertiary/aromatic N) is 1. The zero-order chi connectivity index (χ0) is 19.4. The number of sulfonamides is 1. The fraction of sp³-hybridized carbons (Fsp3) is 0.158. The fourth-order valence-electron chi connectivity index (χ4n) is 2.38. The summed E-state index contributed by atoms with van der Waals surface area (Å²) in [6, 6.07) is 15.5. The highest BCUT2D eigenvalue weighted by Crippen LogP contribution is 2.25. The zero-order valence-electron chi connectivity index (χ0n) is 14.8. The number of benzene rings is 2. The molecular formula is C19H19N3O3S2. The molecule has 0 aliphatic heterocycles. The molecular weight excluding hydrogens is 382 g/mol. The van der Waals surface area contributed by atoms with Gasteiger partial charge in [0.25, 0.3) is 5.91 Å². The van der Waals surface area contributed by atoms with E-state index in [1.807, 2.05) is 30.3 Å². The third-order valence-corrected chi connectivity index (χ3v) is 6.28. The number of hydrogen-bond acceptors (Lipinski definition) is 5. The molecule has 0 unspecified atom stereocenters. The van der Waals surface area contributed by atoms with Crippen molar-refractivity contribution in [3.8, 4) is 10.6 Å². The van der Waals surface area contributed by atoms with E-state index >= 15 is 0 Å². The Labute approximate surface area is 162 Å². The van der Waals surface area contributed by atoms with Crippen LogP contribution >= 0.6 is 11.3 Å². The number of hydrogen-bond donors (Lipinski definition) is 2. The third-order valence-electron chi connectivity index (χ3n) is 3.56. The number of aromatic nitrogens is 1. The van der Waals surface area contributed by atoms with Crippen molar-refractivity contribution in [1.29, 1.82) is 0 Å². The van der Waals surface area contributed by atoms with Crippen molar-refractivity contribution in [2.45, 2.75) is 24.8 Å². The molecule has 0 aliphatic carbocycles. The topological polar surface area (TPSA) is 88.2 Å². The van der Waals surface area contributed by atoms with Gasteiger partial charge in [0.15, 0.2) is 0 Å². The largest absolute Gasteiger partial charge is 0.321 e. The summed E-state index contributed by atoms with van der Waals surface area (Å²) in [7, 11) is -3.55. The van der Waals surface area contributed by atoms with E-state index in [4.69, 9.17) is 0 Å². The van der Waals surface area contributed by atoms with Gasteiger partial charge < -0.3 is 5.32 Å². The van der Waals surface area contributed by atoms with Crippen LogP contribution in [-0.4, -0.2) is 25.4 Å². The molecule has 3 rings (SSSR count). The predicted octanol–water partition coefficient (Wildman–Crippen LogP) is 3.75. The molecule has 0 fully saturated rings. The summed E-state index contributed by atoms with van der Waals surface area (Å²) in [6.45, 7) is 3.51. The summed E-state index contributed by atoms with van der Waals surface area (Å²) in [5.74, 6) is -0.286. The van der Waals surface area contributed by atoms with Gasteiger partial charge in [0, 0.05) is 17.3 Å². The van der Waals surface area contributed by atoms with E-state index in [0.29, 0.717) is 10.6 Å². The standard InChI is InChI=1S/C19H19N3O3S2/c1-13(2)22-27(24,25)16-10-8-15(9-11-16)21-18(23)17-12-20-19(26-17)14-6-4-3-5-7-14/h3-13,22H,1-2H3,(H,21,23). The van der Waals surface area contributed by atoms with Gasteiger partial charge in [-0.1, -0.05) is 30.3 Å². The summed E-state index contributed by atoms with van der Waals surface area (Å²) in [4.78, 5) is 17.3. The molecule has 1 heterocycles. The van der Waals surface area contributed by atoms with Gasteiger partial charge in [-0.25, -0.2) is 18.1 Å². The van der Waals surface area contributed by atoms with E-state index in [-0.39, 0.29) is 16.8 Å². The Hall–Kier alpha value is -2.55. The molecule has 27 heavy (non-hydrogen) atoms. The first kappa shape index (κ1) is 19.2. The molecule has 0 saturated heterocycles. The Bertz CT molecular complexity index is 1030. The van der Waals surface area contributed by atoms with E-state index in [1.165, 1.54) is 29.7 Å². The molecule has 0 spiro atoms. The monoisotopic (exact) mass is 401 g/mol. The Morgan fingerprint density at radius 1 is 1.04 bits per heavy atom. The lowest BCUT2D eigenvalue weighted by atomic mass is 10.2. The number of nitrogens with one attached hydrogen (secondary N) is 2. The zero-order valence-corrected chi connectivity index (χ0v) is 16.5. The molecule has 0 aliphatic rings. The lowest BCUT2D eigenvalue weighted by Gasteiger charge is -2.10. The summed E-state index contributed by atoms with van der Waals surface area (Å²) in [6.07, 6.45) is 1.54. The first-order valence-corrected chi connectivity index (χ1v) is 10.6. The van der Waals surface area contributed by atoms with Crippen molar-refractivity contribution < 1.29 is 13.2 Å². The van der Waals surface area contributed by atoms with E-state index in [9.17, 15) is 13.2 Å². The maximum Gasteiger partial charge on any atom is 0.267 e. The van der Waals surface area contributed by atoms with Crippen molar-refractivity contribution in [2.24, 2.45) is 0 Å². The second kappa shape index (κ2) is 7.99. The molecule has 0 saturated carbocycles. The molecule has 3 aromatic rings. The lowest BCUT2D eigenvalue weighted by molar-refractivity contribution is 0.103. The van der Waals surface area contributed by atoms with Gasteiger partial charge in [-0.3, -0.25) is 4.79 Å². The summed E-state index contributed by atoms with van der Waals surface area (Å²) in [5, 5.41) is 3.52. The maximum atomic E-state index is 12.4. The van der Waals surface area contributed by atoms with Crippen molar-refractivity contribution in [3.63, 3.8) is 0 Å². The number of carbonyl (C=O) groups is 1. The van der Waals surface area contributed by atoms with Gasteiger partial charge in [0.1, 0.15) is 9.88 Å². The lowest BCUT2D eigenvalue weighted by Crippen LogP contribution is -2.30. The van der Waals surface area contributed by atoms with Crippen LogP contribution in [0.5, 0.6) is 0 Å². The minimum Gasteiger partial charge on any atom is -0.321 e. The maximum absolute atomic E-state index is 12.4. The fourth-order valence-corrected chi connectivity index (χ4v) is 4.45. The number of anilines is 1. The molecule has 0 atom stereocenters. The van der Waals surface area contributed by atoms with Gasteiger partial charge >= 0.3 is 0 Å². The number of carbonyl (C=O) groups excluding carboxylic acids is 1. The minimum absolute atomic E-state index is 0.151. The van der Waals surface area contributed by atoms with Crippen molar-refractivity contribution in [1.82, 2.24) is 9.71 Å². The highest BCUT2D eigenvalue weighted by molar-refractivity contribution is 7.89. The normalized spacial score (nSPS) is 11.5. The molecule has 2 N–H and O–H groups in total. The molecule has 2 aromatic carbocycles. The summed E-state index contributed by atoms with van der Waals surface area (Å²) < 4.78 is 26.8. The Balaban J connectivity index is 1.71. The first-order chi connectivity index (χ1) is 12.8. The molecule has 8 heteroatoms. The van der Waals surface area contributed by atoms with E-state index < -0.39 is 10.0 Å². The van der Waals surface area contributed by atoms with Gasteiger partial charge in [-0.2, -0.15) is 0 Å². The molecule has 140 valence electrons. The molecule has 1 aromatic heterocycles. The Morgan fingerprint density at radius 2 is 1.70 bits per heavy atom. The quantitative estimate of drug-likeness (QED) is 0.658. The van der Waals surface area contributed by atoms with Crippen LogP contribution in [-0.2, 0) is 10.0 Å². The number of rotatable bonds is 6. The first-order valence-electron chi connectivity index (χ1n) is 8.30. The Morgan fingerprint density at radius 3 is 2.33 bits per heavy atom. The smallest absolute Gasteiger partial charge is 0.267 e. The minimum atomic E-state index is -3.55.